The third-order valence-electron chi connectivity index (χ3n) is 9.46. The summed E-state index contributed by atoms with van der Waals surface area (Å²) < 4.78 is 10.8. The fourth-order valence-electron chi connectivity index (χ4n) is 6.92. The summed E-state index contributed by atoms with van der Waals surface area (Å²) in [4.78, 5) is 35.5. The Morgan fingerprint density at radius 2 is 1.93 bits per heavy atom. The Hall–Kier alpha value is -4.26. The number of rotatable bonds is 8. The van der Waals surface area contributed by atoms with E-state index in [0.717, 1.165) is 31.7 Å². The van der Waals surface area contributed by atoms with Crippen LogP contribution >= 0.6 is 0 Å². The number of likely N-dealkylation sites (N-methyl/N-ethyl adjacent to an activating group) is 1. The van der Waals surface area contributed by atoms with Gasteiger partial charge in [0.15, 0.2) is 5.82 Å². The summed E-state index contributed by atoms with van der Waals surface area (Å²) in [6, 6.07) is 7.95. The lowest BCUT2D eigenvalue weighted by atomic mass is 9.90. The highest BCUT2D eigenvalue weighted by atomic mass is 16.5. The highest BCUT2D eigenvalue weighted by Crippen LogP contribution is 2.40. The first kappa shape index (κ1) is 29.5. The van der Waals surface area contributed by atoms with Gasteiger partial charge in [-0.3, -0.25) is 24.1 Å². The van der Waals surface area contributed by atoms with Crippen LogP contribution in [0, 0.1) is 5.41 Å². The molecule has 0 bridgehead atoms. The number of carbonyl (C=O) groups excluding carboxylic acids is 1. The summed E-state index contributed by atoms with van der Waals surface area (Å²) >= 11 is 0. The molecule has 0 unspecified atom stereocenters. The summed E-state index contributed by atoms with van der Waals surface area (Å²) in [6.45, 7) is 7.51. The van der Waals surface area contributed by atoms with Crippen LogP contribution in [0.1, 0.15) is 46.9 Å². The average Bonchev–Trinajstić information content (AvgIpc) is 3.58. The monoisotopic (exact) mass is 612 g/mol. The number of ether oxygens (including phenoxy) is 1. The molecule has 6 heterocycles. The van der Waals surface area contributed by atoms with E-state index in [1.165, 1.54) is 15.8 Å². The molecule has 0 aromatic carbocycles. The Morgan fingerprint density at radius 1 is 1.13 bits per heavy atom. The van der Waals surface area contributed by atoms with E-state index >= 15 is 0 Å². The summed E-state index contributed by atoms with van der Waals surface area (Å²) in [5, 5.41) is 18.4. The molecule has 1 aliphatic carbocycles. The Balaban J connectivity index is 1.18. The van der Waals surface area contributed by atoms with Gasteiger partial charge in [0, 0.05) is 69.0 Å². The molecule has 0 spiro atoms. The van der Waals surface area contributed by atoms with E-state index in [4.69, 9.17) is 4.74 Å². The second-order valence-electron chi connectivity index (χ2n) is 13.4. The highest BCUT2D eigenvalue weighted by Gasteiger charge is 2.37. The van der Waals surface area contributed by atoms with E-state index in [-0.39, 0.29) is 23.5 Å². The third-order valence-corrected chi connectivity index (χ3v) is 9.46. The van der Waals surface area contributed by atoms with Crippen LogP contribution in [0.25, 0.3) is 11.1 Å². The van der Waals surface area contributed by atoms with Crippen molar-refractivity contribution in [3.63, 3.8) is 0 Å². The highest BCUT2D eigenvalue weighted by molar-refractivity contribution is 6.06. The number of aliphatic hydroxyl groups excluding tert-OH is 1. The summed E-state index contributed by atoms with van der Waals surface area (Å²) in [5.41, 5.74) is 6.49. The predicted molar refractivity (Wildman–Crippen MR) is 171 cm³/mol. The Morgan fingerprint density at radius 3 is 2.67 bits per heavy atom. The molecule has 3 aliphatic rings. The van der Waals surface area contributed by atoms with E-state index in [0.29, 0.717) is 65.4 Å². The first-order valence-corrected chi connectivity index (χ1v) is 15.4. The van der Waals surface area contributed by atoms with Gasteiger partial charge in [-0.15, -0.1) is 0 Å². The van der Waals surface area contributed by atoms with Crippen molar-refractivity contribution >= 4 is 23.2 Å². The number of nitrogens with zero attached hydrogens (tertiary/aromatic N) is 7. The molecular formula is C33H40N8O4. The number of amides is 1. The van der Waals surface area contributed by atoms with Crippen LogP contribution in [-0.2, 0) is 51.4 Å². The largest absolute Gasteiger partial charge is 0.392 e. The smallest absolute Gasteiger partial charge is 0.276 e. The fraction of sp³-hybridized carbons (Fsp3) is 0.455. The molecule has 12 nitrogen and oxygen atoms in total. The number of aryl methyl sites for hydroxylation is 2. The van der Waals surface area contributed by atoms with Gasteiger partial charge in [0.05, 0.1) is 31.6 Å². The van der Waals surface area contributed by atoms with Crippen molar-refractivity contribution in [2.24, 2.45) is 19.5 Å². The molecule has 2 N–H and O–H groups in total. The molecule has 2 aliphatic heterocycles. The van der Waals surface area contributed by atoms with Crippen LogP contribution in [0.5, 0.6) is 0 Å². The number of aromatic nitrogens is 5. The Kier molecular flexibility index (Phi) is 7.18. The maximum absolute atomic E-state index is 13.8. The molecule has 4 aromatic rings. The van der Waals surface area contributed by atoms with Crippen LogP contribution < -0.4 is 15.8 Å². The standard InChI is InChI=1S/C33H40N8O4/c1-33(2)13-20-11-27-32(44)41(9-8-40(27)28(20)14-33)30-25(17-42)24(6-7-34-30)21-10-26(31(43)38(4)15-21)35-29-12-22(39(5)36-29)16-37(3)23-18-45-19-23/h6-7,10-12,15,23,42H,8-9,13-14,16-19H2,1-5H3,(H,35,36). The van der Waals surface area contributed by atoms with Crippen molar-refractivity contribution < 1.29 is 14.6 Å². The van der Waals surface area contributed by atoms with Crippen molar-refractivity contribution in [3.8, 4) is 11.1 Å². The lowest BCUT2D eigenvalue weighted by Crippen LogP contribution is -2.46. The van der Waals surface area contributed by atoms with Gasteiger partial charge in [-0.05, 0) is 54.6 Å². The van der Waals surface area contributed by atoms with Crippen molar-refractivity contribution in [1.82, 2.24) is 28.8 Å². The molecular weight excluding hydrogens is 572 g/mol. The first-order valence-electron chi connectivity index (χ1n) is 15.4. The fourth-order valence-corrected chi connectivity index (χ4v) is 6.92. The molecule has 1 saturated heterocycles. The lowest BCUT2D eigenvalue weighted by Gasteiger charge is -2.34. The second-order valence-corrected chi connectivity index (χ2v) is 13.4. The first-order chi connectivity index (χ1) is 21.5. The molecule has 1 fully saturated rings. The van der Waals surface area contributed by atoms with Gasteiger partial charge in [-0.2, -0.15) is 5.10 Å². The zero-order chi connectivity index (χ0) is 31.6. The van der Waals surface area contributed by atoms with Crippen LogP contribution in [0.15, 0.2) is 41.5 Å². The van der Waals surface area contributed by atoms with E-state index in [2.05, 4.69) is 45.8 Å². The van der Waals surface area contributed by atoms with Crippen molar-refractivity contribution in [3.05, 3.63) is 75.2 Å². The third kappa shape index (κ3) is 5.16. The van der Waals surface area contributed by atoms with E-state index in [9.17, 15) is 14.7 Å². The molecule has 4 aromatic heterocycles. The maximum atomic E-state index is 13.8. The number of carbonyl (C=O) groups is 1. The zero-order valence-electron chi connectivity index (χ0n) is 26.5. The van der Waals surface area contributed by atoms with Crippen LogP contribution in [-0.4, -0.2) is 72.7 Å². The quantitative estimate of drug-likeness (QED) is 0.312. The topological polar surface area (TPSA) is 123 Å². The number of nitrogens with one attached hydrogen (secondary N) is 1. The maximum Gasteiger partial charge on any atom is 0.276 e. The lowest BCUT2D eigenvalue weighted by molar-refractivity contribution is -0.0592. The van der Waals surface area contributed by atoms with Crippen LogP contribution in [0.3, 0.4) is 0 Å². The SMILES string of the molecule is CN(Cc1cc(Nc2cc(-c3ccnc(N4CCn5c(cc6c5CC(C)(C)C6)C4=O)c3CO)cn(C)c2=O)nn1C)C1COC1. The van der Waals surface area contributed by atoms with Gasteiger partial charge >= 0.3 is 0 Å². The zero-order valence-corrected chi connectivity index (χ0v) is 26.5. The van der Waals surface area contributed by atoms with E-state index < -0.39 is 0 Å². The van der Waals surface area contributed by atoms with Crippen LogP contribution in [0.4, 0.5) is 17.3 Å². The Bertz CT molecular complexity index is 1860. The van der Waals surface area contributed by atoms with E-state index in [1.54, 1.807) is 30.4 Å². The summed E-state index contributed by atoms with van der Waals surface area (Å²) in [5.74, 6) is 0.888. The van der Waals surface area contributed by atoms with Crippen molar-refractivity contribution in [2.75, 3.05) is 37.0 Å². The minimum Gasteiger partial charge on any atom is -0.392 e. The number of aliphatic hydroxyl groups is 1. The molecule has 12 heteroatoms. The molecule has 45 heavy (non-hydrogen) atoms. The summed E-state index contributed by atoms with van der Waals surface area (Å²) in [7, 11) is 5.65. The minimum atomic E-state index is -0.317. The van der Waals surface area contributed by atoms with E-state index in [1.807, 2.05) is 29.9 Å². The van der Waals surface area contributed by atoms with Gasteiger partial charge in [-0.1, -0.05) is 13.8 Å². The molecule has 7 rings (SSSR count). The van der Waals surface area contributed by atoms with Gasteiger partial charge < -0.3 is 24.3 Å². The van der Waals surface area contributed by atoms with Gasteiger partial charge in [0.25, 0.3) is 11.5 Å². The predicted octanol–water partition coefficient (Wildman–Crippen LogP) is 2.83. The number of anilines is 3. The summed E-state index contributed by atoms with van der Waals surface area (Å²) in [6.07, 6.45) is 5.31. The normalized spacial score (nSPS) is 17.5. The average molecular weight is 613 g/mol. The molecule has 236 valence electrons. The number of hydrogen-bond donors (Lipinski definition) is 2. The van der Waals surface area contributed by atoms with Gasteiger partial charge in [0.2, 0.25) is 0 Å². The second kappa shape index (κ2) is 11.0. The van der Waals surface area contributed by atoms with Crippen molar-refractivity contribution in [2.45, 2.75) is 52.4 Å². The minimum absolute atomic E-state index is 0.114. The molecule has 0 saturated carbocycles. The number of hydrogen-bond acceptors (Lipinski definition) is 8. The Labute approximate surface area is 261 Å². The van der Waals surface area contributed by atoms with Gasteiger partial charge in [0.1, 0.15) is 17.2 Å². The molecule has 0 radical (unpaired) electrons. The van der Waals surface area contributed by atoms with Gasteiger partial charge in [-0.25, -0.2) is 4.98 Å². The number of pyridine rings is 2. The van der Waals surface area contributed by atoms with Crippen molar-refractivity contribution in [1.29, 1.82) is 0 Å². The molecule has 1 amide bonds. The number of fused-ring (bicyclic) bond motifs is 3. The molecule has 0 atom stereocenters. The van der Waals surface area contributed by atoms with Crippen LogP contribution in [0.2, 0.25) is 0 Å².